The summed E-state index contributed by atoms with van der Waals surface area (Å²) >= 11 is 0. The Morgan fingerprint density at radius 2 is 2.22 bits per heavy atom. The van der Waals surface area contributed by atoms with Crippen LogP contribution in [0.1, 0.15) is 6.92 Å². The van der Waals surface area contributed by atoms with E-state index in [1.807, 2.05) is 4.72 Å². The summed E-state index contributed by atoms with van der Waals surface area (Å²) in [5, 5.41) is 8.53. The maximum Gasteiger partial charge on any atom is 0.297 e. The third-order valence-electron chi connectivity index (χ3n) is 0.551. The number of nitrogens with one attached hydrogen (secondary N) is 1. The second-order valence-corrected chi connectivity index (χ2v) is 4.02. The fraction of sp³-hybridized carbons (Fsp3) is 1.00. The van der Waals surface area contributed by atoms with Crippen LogP contribution in [-0.4, -0.2) is 26.2 Å². The summed E-state index contributed by atoms with van der Waals surface area (Å²) in [6, 6.07) is 0. The lowest BCUT2D eigenvalue weighted by molar-refractivity contribution is 0.199. The molecule has 9 heavy (non-hydrogen) atoms. The molecule has 0 amide bonds. The van der Waals surface area contributed by atoms with Crippen LogP contribution in [0, 0.1) is 0 Å². The molecule has 2 N–H and O–H groups in total. The molecule has 0 aromatic heterocycles. The van der Waals surface area contributed by atoms with E-state index in [9.17, 15) is 8.42 Å². The minimum absolute atomic E-state index is 0.0498. The molecular weight excluding hydrogens is 166 g/mol. The minimum atomic E-state index is -3.66. The standard InChI is InChI=1S/C3H8ClNO3S/c1-3(6)2-5-9(4,7)8/h3,5-6H,2H2,1H3. The normalized spacial score (nSPS) is 15.4. The van der Waals surface area contributed by atoms with Gasteiger partial charge in [-0.15, -0.1) is 0 Å². The Morgan fingerprint density at radius 3 is 2.33 bits per heavy atom. The molecule has 0 aliphatic carbocycles. The molecule has 0 radical (unpaired) electrons. The lowest BCUT2D eigenvalue weighted by Gasteiger charge is -2.01. The quantitative estimate of drug-likeness (QED) is 0.563. The predicted molar refractivity (Wildman–Crippen MR) is 34.5 cm³/mol. The maximum atomic E-state index is 10.1. The molecule has 0 fully saturated rings. The first-order valence-electron chi connectivity index (χ1n) is 2.29. The van der Waals surface area contributed by atoms with Crippen LogP contribution in [0.3, 0.4) is 0 Å². The molecule has 0 bridgehead atoms. The summed E-state index contributed by atoms with van der Waals surface area (Å²) in [7, 11) is 1.07. The summed E-state index contributed by atoms with van der Waals surface area (Å²) in [6.45, 7) is 1.40. The van der Waals surface area contributed by atoms with E-state index in [2.05, 4.69) is 0 Å². The van der Waals surface area contributed by atoms with Crippen molar-refractivity contribution in [3.05, 3.63) is 0 Å². The van der Waals surface area contributed by atoms with E-state index in [0.717, 1.165) is 0 Å². The maximum absolute atomic E-state index is 10.1. The zero-order valence-electron chi connectivity index (χ0n) is 4.83. The minimum Gasteiger partial charge on any atom is -0.392 e. The first-order chi connectivity index (χ1) is 3.92. The number of aliphatic hydroxyl groups excluding tert-OH is 1. The largest absolute Gasteiger partial charge is 0.392 e. The van der Waals surface area contributed by atoms with Gasteiger partial charge in [0.15, 0.2) is 0 Å². The predicted octanol–water partition coefficient (Wildman–Crippen LogP) is -0.560. The van der Waals surface area contributed by atoms with Crippen LogP contribution in [0.15, 0.2) is 0 Å². The van der Waals surface area contributed by atoms with E-state index in [1.54, 1.807) is 0 Å². The third kappa shape index (κ3) is 8.16. The van der Waals surface area contributed by atoms with Crippen LogP contribution in [0.2, 0.25) is 0 Å². The average molecular weight is 174 g/mol. The second kappa shape index (κ2) is 3.36. The zero-order chi connectivity index (χ0) is 7.49. The molecule has 4 nitrogen and oxygen atoms in total. The highest BCUT2D eigenvalue weighted by Crippen LogP contribution is 1.88. The van der Waals surface area contributed by atoms with E-state index in [1.165, 1.54) is 6.92 Å². The van der Waals surface area contributed by atoms with E-state index < -0.39 is 15.3 Å². The molecule has 0 aromatic carbocycles. The molecule has 1 unspecified atom stereocenters. The Balaban J connectivity index is 3.53. The fourth-order valence-corrected chi connectivity index (χ4v) is 0.849. The fourth-order valence-electron chi connectivity index (χ4n) is 0.220. The van der Waals surface area contributed by atoms with Crippen molar-refractivity contribution in [3.8, 4) is 0 Å². The van der Waals surface area contributed by atoms with Crippen LogP contribution >= 0.6 is 10.7 Å². The van der Waals surface area contributed by atoms with Crippen molar-refractivity contribution < 1.29 is 13.5 Å². The molecule has 6 heteroatoms. The number of halogens is 1. The molecule has 0 aliphatic heterocycles. The van der Waals surface area contributed by atoms with Gasteiger partial charge in [0.1, 0.15) is 0 Å². The van der Waals surface area contributed by atoms with Crippen molar-refractivity contribution in [1.82, 2.24) is 4.72 Å². The first kappa shape index (κ1) is 9.16. The van der Waals surface area contributed by atoms with Crippen LogP contribution in [-0.2, 0) is 9.24 Å². The molecule has 0 spiro atoms. The Bertz CT molecular complexity index is 164. The number of rotatable bonds is 3. The van der Waals surface area contributed by atoms with E-state index in [-0.39, 0.29) is 6.54 Å². The number of hydrogen-bond donors (Lipinski definition) is 2. The van der Waals surface area contributed by atoms with E-state index >= 15 is 0 Å². The topological polar surface area (TPSA) is 66.4 Å². The summed E-state index contributed by atoms with van der Waals surface area (Å²) in [6.07, 6.45) is -0.710. The monoisotopic (exact) mass is 173 g/mol. The van der Waals surface area contributed by atoms with Crippen molar-refractivity contribution >= 4 is 19.9 Å². The summed E-state index contributed by atoms with van der Waals surface area (Å²) in [4.78, 5) is 0. The van der Waals surface area contributed by atoms with Crippen molar-refractivity contribution in [2.75, 3.05) is 6.54 Å². The smallest absolute Gasteiger partial charge is 0.297 e. The van der Waals surface area contributed by atoms with E-state index in [0.29, 0.717) is 0 Å². The Kier molecular flexibility index (Phi) is 3.42. The van der Waals surface area contributed by atoms with Gasteiger partial charge in [0, 0.05) is 17.2 Å². The van der Waals surface area contributed by atoms with Gasteiger partial charge in [-0.3, -0.25) is 0 Å². The van der Waals surface area contributed by atoms with Gasteiger partial charge in [-0.1, -0.05) is 0 Å². The Morgan fingerprint density at radius 1 is 1.78 bits per heavy atom. The molecule has 0 heterocycles. The lowest BCUT2D eigenvalue weighted by atomic mass is 10.4. The van der Waals surface area contributed by atoms with Crippen molar-refractivity contribution in [2.24, 2.45) is 0 Å². The molecule has 0 aliphatic rings. The van der Waals surface area contributed by atoms with Gasteiger partial charge in [-0.05, 0) is 6.92 Å². The average Bonchev–Trinajstić information content (AvgIpc) is 1.59. The van der Waals surface area contributed by atoms with E-state index in [4.69, 9.17) is 15.8 Å². The summed E-state index contributed by atoms with van der Waals surface area (Å²) in [5.41, 5.74) is 0. The third-order valence-corrected chi connectivity index (χ3v) is 1.39. The SMILES string of the molecule is CC(O)CNS(=O)(=O)Cl. The van der Waals surface area contributed by atoms with Gasteiger partial charge in [0.05, 0.1) is 6.10 Å². The van der Waals surface area contributed by atoms with Gasteiger partial charge in [0.25, 0.3) is 9.24 Å². The molecule has 0 aromatic rings. The Hall–Kier alpha value is 0.160. The summed E-state index contributed by atoms with van der Waals surface area (Å²) in [5.74, 6) is 0. The van der Waals surface area contributed by atoms with Gasteiger partial charge in [-0.25, -0.2) is 0 Å². The number of aliphatic hydroxyl groups is 1. The number of hydrogen-bond acceptors (Lipinski definition) is 3. The first-order valence-corrected chi connectivity index (χ1v) is 4.60. The molecule has 0 saturated heterocycles. The molecular formula is C3H8ClNO3S. The zero-order valence-corrected chi connectivity index (χ0v) is 6.41. The second-order valence-electron chi connectivity index (χ2n) is 1.64. The van der Waals surface area contributed by atoms with Crippen molar-refractivity contribution in [2.45, 2.75) is 13.0 Å². The van der Waals surface area contributed by atoms with Crippen LogP contribution < -0.4 is 4.72 Å². The van der Waals surface area contributed by atoms with Gasteiger partial charge in [0.2, 0.25) is 0 Å². The summed E-state index contributed by atoms with van der Waals surface area (Å²) < 4.78 is 22.1. The van der Waals surface area contributed by atoms with Crippen LogP contribution in [0.25, 0.3) is 0 Å². The Labute approximate surface area is 58.4 Å². The van der Waals surface area contributed by atoms with Crippen LogP contribution in [0.5, 0.6) is 0 Å². The molecule has 0 saturated carbocycles. The highest BCUT2D eigenvalue weighted by Gasteiger charge is 2.03. The lowest BCUT2D eigenvalue weighted by Crippen LogP contribution is -2.26. The molecule has 56 valence electrons. The highest BCUT2D eigenvalue weighted by molar-refractivity contribution is 8.12. The van der Waals surface area contributed by atoms with Gasteiger partial charge < -0.3 is 5.11 Å². The van der Waals surface area contributed by atoms with Gasteiger partial charge >= 0.3 is 0 Å². The van der Waals surface area contributed by atoms with Crippen molar-refractivity contribution in [1.29, 1.82) is 0 Å². The van der Waals surface area contributed by atoms with Crippen molar-refractivity contribution in [3.63, 3.8) is 0 Å². The highest BCUT2D eigenvalue weighted by atomic mass is 35.7. The molecule has 0 rings (SSSR count). The molecule has 1 atom stereocenters. The van der Waals surface area contributed by atoms with Gasteiger partial charge in [-0.2, -0.15) is 13.1 Å². The van der Waals surface area contributed by atoms with Crippen LogP contribution in [0.4, 0.5) is 0 Å².